The van der Waals surface area contributed by atoms with E-state index >= 15 is 0 Å². The maximum absolute atomic E-state index is 13.9. The third-order valence-corrected chi connectivity index (χ3v) is 7.37. The number of anilines is 3. The van der Waals surface area contributed by atoms with E-state index in [1.54, 1.807) is 18.2 Å². The standard InChI is InChI=1S/C28H27N5O5S/c1-6-18-12-17(3)22(13-16(18)2)29-23-15-24(34)31(4)26-25(23)27(35)33(20-10-11-20)28(36)32(26)21-9-7-8-19(14-21)30-39(5,37)38/h1,7-9,12-15,20,29-30H,10-11H2,2-5H3. The number of aromatic nitrogens is 3. The molecular weight excluding hydrogens is 518 g/mol. The summed E-state index contributed by atoms with van der Waals surface area (Å²) in [6, 6.07) is 11.0. The predicted octanol–water partition coefficient (Wildman–Crippen LogP) is 2.90. The first-order valence-corrected chi connectivity index (χ1v) is 14.1. The molecule has 2 heterocycles. The van der Waals surface area contributed by atoms with Gasteiger partial charge in [0.15, 0.2) is 0 Å². The fraction of sp³-hybridized carbons (Fsp3) is 0.250. The summed E-state index contributed by atoms with van der Waals surface area (Å²) in [5.41, 5.74) is 2.38. The van der Waals surface area contributed by atoms with Gasteiger partial charge in [-0.25, -0.2) is 17.8 Å². The Hall–Kier alpha value is -4.56. The molecule has 0 amide bonds. The van der Waals surface area contributed by atoms with Gasteiger partial charge >= 0.3 is 5.69 Å². The van der Waals surface area contributed by atoms with Gasteiger partial charge in [-0.1, -0.05) is 12.0 Å². The first-order chi connectivity index (χ1) is 18.4. The minimum atomic E-state index is -3.59. The Balaban J connectivity index is 1.85. The summed E-state index contributed by atoms with van der Waals surface area (Å²) in [6.07, 6.45) is 7.98. The van der Waals surface area contributed by atoms with E-state index in [1.165, 1.54) is 32.9 Å². The van der Waals surface area contributed by atoms with Crippen LogP contribution in [0.5, 0.6) is 0 Å². The first-order valence-electron chi connectivity index (χ1n) is 12.2. The number of aryl methyl sites for hydroxylation is 3. The summed E-state index contributed by atoms with van der Waals surface area (Å²) in [6.45, 7) is 3.74. The molecular formula is C28H27N5O5S. The number of nitrogens with zero attached hydrogens (tertiary/aromatic N) is 3. The van der Waals surface area contributed by atoms with E-state index in [9.17, 15) is 22.8 Å². The van der Waals surface area contributed by atoms with Crippen LogP contribution in [0.4, 0.5) is 17.1 Å². The molecule has 0 radical (unpaired) electrons. The van der Waals surface area contributed by atoms with Gasteiger partial charge in [-0.2, -0.15) is 0 Å². The molecule has 0 saturated heterocycles. The van der Waals surface area contributed by atoms with Gasteiger partial charge in [0.1, 0.15) is 11.0 Å². The molecule has 5 rings (SSSR count). The maximum atomic E-state index is 13.9. The van der Waals surface area contributed by atoms with E-state index in [0.29, 0.717) is 24.2 Å². The van der Waals surface area contributed by atoms with Crippen LogP contribution in [0.15, 0.2) is 56.8 Å². The van der Waals surface area contributed by atoms with Crippen molar-refractivity contribution in [1.82, 2.24) is 13.7 Å². The molecule has 0 spiro atoms. The van der Waals surface area contributed by atoms with Crippen molar-refractivity contribution in [2.75, 3.05) is 16.3 Å². The van der Waals surface area contributed by atoms with Crippen molar-refractivity contribution >= 4 is 38.1 Å². The van der Waals surface area contributed by atoms with Gasteiger partial charge in [0.05, 0.1) is 23.3 Å². The van der Waals surface area contributed by atoms with Crippen molar-refractivity contribution < 1.29 is 8.42 Å². The number of terminal acetylenes is 1. The van der Waals surface area contributed by atoms with Gasteiger partial charge in [0.2, 0.25) is 10.0 Å². The Morgan fingerprint density at radius 1 is 1.00 bits per heavy atom. The molecule has 1 aliphatic carbocycles. The average molecular weight is 546 g/mol. The van der Waals surface area contributed by atoms with Crippen LogP contribution in [0.1, 0.15) is 35.6 Å². The zero-order valence-corrected chi connectivity index (χ0v) is 22.7. The maximum Gasteiger partial charge on any atom is 0.337 e. The summed E-state index contributed by atoms with van der Waals surface area (Å²) in [5.74, 6) is 2.64. The molecule has 200 valence electrons. The van der Waals surface area contributed by atoms with Crippen molar-refractivity contribution in [3.05, 3.63) is 90.3 Å². The molecule has 11 heteroatoms. The van der Waals surface area contributed by atoms with Crippen molar-refractivity contribution in [3.8, 4) is 18.0 Å². The van der Waals surface area contributed by atoms with Crippen LogP contribution in [0, 0.1) is 26.2 Å². The summed E-state index contributed by atoms with van der Waals surface area (Å²) in [7, 11) is -2.10. The number of hydrogen-bond donors (Lipinski definition) is 2. The van der Waals surface area contributed by atoms with Gasteiger partial charge in [-0.3, -0.25) is 23.4 Å². The minimum absolute atomic E-state index is 0.0861. The Labute approximate surface area is 224 Å². The Bertz CT molecular complexity index is 2010. The highest BCUT2D eigenvalue weighted by Gasteiger charge is 2.31. The van der Waals surface area contributed by atoms with E-state index < -0.39 is 26.8 Å². The molecule has 1 saturated carbocycles. The van der Waals surface area contributed by atoms with E-state index in [0.717, 1.165) is 22.9 Å². The van der Waals surface area contributed by atoms with Crippen LogP contribution in [0.3, 0.4) is 0 Å². The SMILES string of the molecule is C#Cc1cc(C)c(Nc2cc(=O)n(C)c3c2c(=O)n(C2CC2)c(=O)n3-c2cccc(NS(C)(=O)=O)c2)cc1C. The van der Waals surface area contributed by atoms with Crippen LogP contribution in [0.25, 0.3) is 16.7 Å². The van der Waals surface area contributed by atoms with Crippen molar-refractivity contribution in [1.29, 1.82) is 0 Å². The zero-order chi connectivity index (χ0) is 28.2. The highest BCUT2D eigenvalue weighted by Crippen LogP contribution is 2.34. The molecule has 0 unspecified atom stereocenters. The van der Waals surface area contributed by atoms with Gasteiger partial charge in [0, 0.05) is 30.4 Å². The summed E-state index contributed by atoms with van der Waals surface area (Å²) in [5, 5.41) is 3.40. The van der Waals surface area contributed by atoms with Crippen molar-refractivity contribution in [2.24, 2.45) is 7.05 Å². The monoisotopic (exact) mass is 545 g/mol. The predicted molar refractivity (Wildman–Crippen MR) is 153 cm³/mol. The normalized spacial score (nSPS) is 13.3. The van der Waals surface area contributed by atoms with Crippen molar-refractivity contribution in [3.63, 3.8) is 0 Å². The third kappa shape index (κ3) is 4.75. The number of rotatable bonds is 6. The molecule has 0 atom stereocenters. The molecule has 0 bridgehead atoms. The average Bonchev–Trinajstić information content (AvgIpc) is 3.68. The lowest BCUT2D eigenvalue weighted by Crippen LogP contribution is -2.41. The van der Waals surface area contributed by atoms with Crippen LogP contribution in [-0.2, 0) is 17.1 Å². The van der Waals surface area contributed by atoms with Gasteiger partial charge in [-0.15, -0.1) is 6.42 Å². The third-order valence-electron chi connectivity index (χ3n) is 6.77. The van der Waals surface area contributed by atoms with Crippen molar-refractivity contribution in [2.45, 2.75) is 32.7 Å². The Morgan fingerprint density at radius 3 is 2.36 bits per heavy atom. The lowest BCUT2D eigenvalue weighted by molar-refractivity contribution is 0.607. The molecule has 4 aromatic rings. The number of sulfonamides is 1. The zero-order valence-electron chi connectivity index (χ0n) is 21.9. The topological polar surface area (TPSA) is 124 Å². The summed E-state index contributed by atoms with van der Waals surface area (Å²) in [4.78, 5) is 40.9. The number of nitrogens with one attached hydrogen (secondary N) is 2. The molecule has 0 aliphatic heterocycles. The fourth-order valence-electron chi connectivity index (χ4n) is 4.72. The number of pyridine rings is 1. The van der Waals surface area contributed by atoms with Crippen LogP contribution in [0.2, 0.25) is 0 Å². The van der Waals surface area contributed by atoms with Gasteiger partial charge in [-0.05, 0) is 68.1 Å². The smallest absolute Gasteiger partial charge is 0.337 e. The highest BCUT2D eigenvalue weighted by atomic mass is 32.2. The minimum Gasteiger partial charge on any atom is -0.354 e. The molecule has 2 aromatic heterocycles. The number of hydrogen-bond acceptors (Lipinski definition) is 6. The summed E-state index contributed by atoms with van der Waals surface area (Å²) >= 11 is 0. The van der Waals surface area contributed by atoms with E-state index in [2.05, 4.69) is 16.0 Å². The van der Waals surface area contributed by atoms with E-state index in [4.69, 9.17) is 6.42 Å². The second-order valence-electron chi connectivity index (χ2n) is 9.85. The second-order valence-corrected chi connectivity index (χ2v) is 11.6. The molecule has 1 aliphatic rings. The molecule has 2 N–H and O–H groups in total. The fourth-order valence-corrected chi connectivity index (χ4v) is 5.28. The van der Waals surface area contributed by atoms with Gasteiger partial charge < -0.3 is 5.32 Å². The van der Waals surface area contributed by atoms with Crippen LogP contribution < -0.4 is 26.8 Å². The Kier molecular flexibility index (Phi) is 6.23. The molecule has 1 fully saturated rings. The highest BCUT2D eigenvalue weighted by molar-refractivity contribution is 7.92. The first kappa shape index (κ1) is 26.1. The summed E-state index contributed by atoms with van der Waals surface area (Å²) < 4.78 is 29.8. The molecule has 39 heavy (non-hydrogen) atoms. The molecule has 10 nitrogen and oxygen atoms in total. The number of benzene rings is 2. The Morgan fingerprint density at radius 2 is 1.72 bits per heavy atom. The van der Waals surface area contributed by atoms with E-state index in [-0.39, 0.29) is 28.5 Å². The lowest BCUT2D eigenvalue weighted by Gasteiger charge is -2.20. The largest absolute Gasteiger partial charge is 0.354 e. The lowest BCUT2D eigenvalue weighted by atomic mass is 10.0. The number of fused-ring (bicyclic) bond motifs is 1. The quantitative estimate of drug-likeness (QED) is 0.359. The second kappa shape index (κ2) is 9.32. The molecule has 2 aromatic carbocycles. The van der Waals surface area contributed by atoms with Gasteiger partial charge in [0.25, 0.3) is 11.1 Å². The van der Waals surface area contributed by atoms with Crippen LogP contribution in [-0.4, -0.2) is 28.4 Å². The van der Waals surface area contributed by atoms with E-state index in [1.807, 2.05) is 26.0 Å². The van der Waals surface area contributed by atoms with Crippen LogP contribution >= 0.6 is 0 Å².